The van der Waals surface area contributed by atoms with E-state index in [1.165, 1.54) is 43.4 Å². The summed E-state index contributed by atoms with van der Waals surface area (Å²) in [4.78, 5) is 17.4. The molecule has 0 aromatic heterocycles. The average molecular weight is 472 g/mol. The van der Waals surface area contributed by atoms with Gasteiger partial charge in [-0.2, -0.15) is 0 Å². The van der Waals surface area contributed by atoms with E-state index < -0.39 is 10.0 Å². The third-order valence-electron chi connectivity index (χ3n) is 6.82. The molecule has 0 atom stereocenters. The summed E-state index contributed by atoms with van der Waals surface area (Å²) < 4.78 is 33.5. The molecule has 0 radical (unpaired) electrons. The predicted octanol–water partition coefficient (Wildman–Crippen LogP) is 3.99. The van der Waals surface area contributed by atoms with Gasteiger partial charge in [-0.1, -0.05) is 6.92 Å². The molecular weight excluding hydrogens is 438 g/mol. The lowest BCUT2D eigenvalue weighted by Gasteiger charge is -2.31. The number of sulfonamides is 1. The first-order valence-corrected chi connectivity index (χ1v) is 13.1. The van der Waals surface area contributed by atoms with Gasteiger partial charge in [0.25, 0.3) is 15.9 Å². The number of carbonyl (C=O) groups excluding carboxylic acids is 1. The summed E-state index contributed by atoms with van der Waals surface area (Å²) in [6.07, 6.45) is 4.26. The summed E-state index contributed by atoms with van der Waals surface area (Å²) in [5.41, 5.74) is 1.97. The Morgan fingerprint density at radius 3 is 2.24 bits per heavy atom. The van der Waals surface area contributed by atoms with Gasteiger partial charge in [0.1, 0.15) is 5.75 Å². The molecule has 0 aliphatic carbocycles. The maximum absolute atomic E-state index is 13.4. The molecule has 0 spiro atoms. The predicted molar refractivity (Wildman–Crippen MR) is 131 cm³/mol. The fraction of sp³-hybridized carbons (Fsp3) is 0.480. The first kappa shape index (κ1) is 23.4. The minimum atomic E-state index is -3.85. The largest absolute Gasteiger partial charge is 0.496 e. The minimum absolute atomic E-state index is 0.0724. The van der Waals surface area contributed by atoms with Gasteiger partial charge in [0.2, 0.25) is 0 Å². The Labute approximate surface area is 197 Å². The van der Waals surface area contributed by atoms with Gasteiger partial charge in [0, 0.05) is 38.9 Å². The fourth-order valence-electron chi connectivity index (χ4n) is 4.54. The standard InChI is InChI=1S/C25H33N3O4S/c1-19-12-16-28(17-13-19)25(29)23-18-22(10-11-24(23)32-3)33(30,31)26(2)20-6-8-21(9-7-20)27-14-4-5-15-27/h6-11,18-19H,4-5,12-17H2,1-3H3. The molecule has 4 rings (SSSR count). The number of likely N-dealkylation sites (tertiary alicyclic amines) is 1. The number of piperidine rings is 1. The van der Waals surface area contributed by atoms with E-state index in [1.54, 1.807) is 11.0 Å². The fourth-order valence-corrected chi connectivity index (χ4v) is 5.76. The van der Waals surface area contributed by atoms with Crippen molar-refractivity contribution in [3.8, 4) is 5.75 Å². The van der Waals surface area contributed by atoms with Crippen molar-refractivity contribution in [2.24, 2.45) is 5.92 Å². The van der Waals surface area contributed by atoms with Crippen LogP contribution in [0.4, 0.5) is 11.4 Å². The van der Waals surface area contributed by atoms with Crippen LogP contribution in [0.1, 0.15) is 43.0 Å². The molecule has 0 N–H and O–H groups in total. The smallest absolute Gasteiger partial charge is 0.264 e. The molecular formula is C25H33N3O4S. The highest BCUT2D eigenvalue weighted by molar-refractivity contribution is 7.92. The van der Waals surface area contributed by atoms with Crippen molar-refractivity contribution in [1.29, 1.82) is 0 Å². The van der Waals surface area contributed by atoms with Crippen LogP contribution in [0.25, 0.3) is 0 Å². The number of ether oxygens (including phenoxy) is 1. The summed E-state index contributed by atoms with van der Waals surface area (Å²) in [7, 11) is -0.819. The number of amides is 1. The monoisotopic (exact) mass is 471 g/mol. The molecule has 0 saturated carbocycles. The third-order valence-corrected chi connectivity index (χ3v) is 8.60. The highest BCUT2D eigenvalue weighted by atomic mass is 32.2. The van der Waals surface area contributed by atoms with Crippen LogP contribution >= 0.6 is 0 Å². The molecule has 2 aliphatic heterocycles. The van der Waals surface area contributed by atoms with Crippen LogP contribution in [0.2, 0.25) is 0 Å². The molecule has 0 unspecified atom stereocenters. The molecule has 2 aromatic carbocycles. The van der Waals surface area contributed by atoms with Gasteiger partial charge in [0.15, 0.2) is 0 Å². The lowest BCUT2D eigenvalue weighted by atomic mass is 9.98. The number of methoxy groups -OCH3 is 1. The van der Waals surface area contributed by atoms with Crippen LogP contribution in [-0.2, 0) is 10.0 Å². The Balaban J connectivity index is 1.59. The lowest BCUT2D eigenvalue weighted by molar-refractivity contribution is 0.0693. The van der Waals surface area contributed by atoms with E-state index in [1.807, 2.05) is 24.3 Å². The quantitative estimate of drug-likeness (QED) is 0.637. The van der Waals surface area contributed by atoms with E-state index in [0.717, 1.165) is 31.6 Å². The van der Waals surface area contributed by atoms with Gasteiger partial charge in [-0.15, -0.1) is 0 Å². The van der Waals surface area contributed by atoms with Crippen LogP contribution in [0.5, 0.6) is 5.75 Å². The maximum Gasteiger partial charge on any atom is 0.264 e. The summed E-state index contributed by atoms with van der Waals surface area (Å²) in [6.45, 7) is 5.59. The van der Waals surface area contributed by atoms with Crippen LogP contribution in [0.3, 0.4) is 0 Å². The van der Waals surface area contributed by atoms with E-state index in [-0.39, 0.29) is 16.4 Å². The molecule has 1 amide bonds. The van der Waals surface area contributed by atoms with Crippen LogP contribution in [0, 0.1) is 5.92 Å². The summed E-state index contributed by atoms with van der Waals surface area (Å²) in [5, 5.41) is 0. The van der Waals surface area contributed by atoms with Crippen molar-refractivity contribution >= 4 is 27.3 Å². The van der Waals surface area contributed by atoms with Crippen molar-refractivity contribution in [1.82, 2.24) is 4.90 Å². The van der Waals surface area contributed by atoms with Crippen molar-refractivity contribution < 1.29 is 17.9 Å². The number of hydrogen-bond donors (Lipinski definition) is 0. The Kier molecular flexibility index (Phi) is 6.83. The van der Waals surface area contributed by atoms with Gasteiger partial charge in [0.05, 0.1) is 23.3 Å². The summed E-state index contributed by atoms with van der Waals surface area (Å²) in [5.74, 6) is 0.789. The normalized spacial score (nSPS) is 17.3. The third kappa shape index (κ3) is 4.81. The van der Waals surface area contributed by atoms with Gasteiger partial charge in [-0.25, -0.2) is 8.42 Å². The molecule has 0 bridgehead atoms. The van der Waals surface area contributed by atoms with Crippen LogP contribution in [-0.4, -0.2) is 59.6 Å². The number of rotatable bonds is 6. The molecule has 2 saturated heterocycles. The number of carbonyl (C=O) groups is 1. The molecule has 8 heteroatoms. The Morgan fingerprint density at radius 1 is 1.00 bits per heavy atom. The molecule has 7 nitrogen and oxygen atoms in total. The van der Waals surface area contributed by atoms with E-state index >= 15 is 0 Å². The summed E-state index contributed by atoms with van der Waals surface area (Å²) >= 11 is 0. The van der Waals surface area contributed by atoms with Gasteiger partial charge < -0.3 is 14.5 Å². The van der Waals surface area contributed by atoms with Gasteiger partial charge >= 0.3 is 0 Å². The zero-order chi connectivity index (χ0) is 23.6. The second-order valence-electron chi connectivity index (χ2n) is 9.02. The highest BCUT2D eigenvalue weighted by Gasteiger charge is 2.28. The zero-order valence-electron chi connectivity index (χ0n) is 19.7. The topological polar surface area (TPSA) is 70.2 Å². The van der Waals surface area contributed by atoms with Crippen molar-refractivity contribution in [3.05, 3.63) is 48.0 Å². The molecule has 2 heterocycles. The first-order valence-electron chi connectivity index (χ1n) is 11.6. The molecule has 178 valence electrons. The van der Waals surface area contributed by atoms with E-state index in [2.05, 4.69) is 11.8 Å². The Hall–Kier alpha value is -2.74. The van der Waals surface area contributed by atoms with Crippen LogP contribution in [0.15, 0.2) is 47.4 Å². The van der Waals surface area contributed by atoms with Crippen molar-refractivity contribution in [2.45, 2.75) is 37.5 Å². The van der Waals surface area contributed by atoms with E-state index in [9.17, 15) is 13.2 Å². The lowest BCUT2D eigenvalue weighted by Crippen LogP contribution is -2.38. The molecule has 2 aromatic rings. The van der Waals surface area contributed by atoms with E-state index in [4.69, 9.17) is 4.74 Å². The number of hydrogen-bond acceptors (Lipinski definition) is 5. The van der Waals surface area contributed by atoms with Gasteiger partial charge in [-0.3, -0.25) is 9.10 Å². The van der Waals surface area contributed by atoms with Crippen LogP contribution < -0.4 is 13.9 Å². The Bertz CT molecular complexity index is 1090. The highest BCUT2D eigenvalue weighted by Crippen LogP contribution is 2.30. The summed E-state index contributed by atoms with van der Waals surface area (Å²) in [6, 6.07) is 12.1. The molecule has 2 fully saturated rings. The second kappa shape index (κ2) is 9.63. The SMILES string of the molecule is COc1ccc(S(=O)(=O)N(C)c2ccc(N3CCCC3)cc2)cc1C(=O)N1CCC(C)CC1. The number of anilines is 2. The van der Waals surface area contributed by atoms with Gasteiger partial charge in [-0.05, 0) is 74.1 Å². The minimum Gasteiger partial charge on any atom is -0.496 e. The average Bonchev–Trinajstić information content (AvgIpc) is 3.38. The Morgan fingerprint density at radius 2 is 1.64 bits per heavy atom. The zero-order valence-corrected chi connectivity index (χ0v) is 20.5. The number of benzene rings is 2. The maximum atomic E-state index is 13.4. The van der Waals surface area contributed by atoms with Crippen molar-refractivity contribution in [2.75, 3.05) is 49.5 Å². The van der Waals surface area contributed by atoms with E-state index in [0.29, 0.717) is 30.4 Å². The first-order chi connectivity index (χ1) is 15.8. The van der Waals surface area contributed by atoms with Crippen molar-refractivity contribution in [3.63, 3.8) is 0 Å². The molecule has 2 aliphatic rings. The second-order valence-corrected chi connectivity index (χ2v) is 11.0. The number of nitrogens with zero attached hydrogens (tertiary/aromatic N) is 3. The molecule has 33 heavy (non-hydrogen) atoms.